The number of carbonyl (C=O) groups is 1. The predicted octanol–water partition coefficient (Wildman–Crippen LogP) is 2.78. The lowest BCUT2D eigenvalue weighted by atomic mass is 9.82. The van der Waals surface area contributed by atoms with Crippen LogP contribution >= 0.6 is 0 Å². The maximum absolute atomic E-state index is 11.1. The van der Waals surface area contributed by atoms with Crippen LogP contribution in [0.2, 0.25) is 0 Å². The number of nitrogens with zero attached hydrogens (tertiary/aromatic N) is 2. The number of hydrogen-bond donors (Lipinski definition) is 2. The molecule has 0 aromatic carbocycles. The standard InChI is InChI=1S/C13H19N3O4/c1-8(13(2,3)4)6-14-11-10(12(17)18)5-9(7-15-11)16(19)20/h5,7-8H,6H2,1-4H3,(H,14,15)(H,17,18). The number of carboxylic acid groups (broad SMARTS) is 1. The van der Waals surface area contributed by atoms with Gasteiger partial charge < -0.3 is 10.4 Å². The van der Waals surface area contributed by atoms with Gasteiger partial charge in [-0.3, -0.25) is 10.1 Å². The third kappa shape index (κ3) is 3.91. The average molecular weight is 281 g/mol. The zero-order valence-electron chi connectivity index (χ0n) is 12.0. The van der Waals surface area contributed by atoms with Gasteiger partial charge in [0, 0.05) is 12.6 Å². The van der Waals surface area contributed by atoms with Crippen LogP contribution in [-0.2, 0) is 0 Å². The molecule has 1 atom stereocenters. The molecule has 0 aliphatic heterocycles. The van der Waals surface area contributed by atoms with Crippen molar-refractivity contribution in [2.24, 2.45) is 11.3 Å². The highest BCUT2D eigenvalue weighted by Gasteiger charge is 2.22. The summed E-state index contributed by atoms with van der Waals surface area (Å²) in [6.07, 6.45) is 1.05. The number of carboxylic acids is 1. The fraction of sp³-hybridized carbons (Fsp3) is 0.538. The summed E-state index contributed by atoms with van der Waals surface area (Å²) in [7, 11) is 0. The van der Waals surface area contributed by atoms with Crippen LogP contribution < -0.4 is 5.32 Å². The molecule has 1 aromatic heterocycles. The molecule has 1 rings (SSSR count). The summed E-state index contributed by atoms with van der Waals surface area (Å²) in [6, 6.07) is 1.01. The van der Waals surface area contributed by atoms with E-state index >= 15 is 0 Å². The third-order valence-corrected chi connectivity index (χ3v) is 3.37. The molecule has 0 saturated carbocycles. The Morgan fingerprint density at radius 1 is 1.55 bits per heavy atom. The molecule has 2 N–H and O–H groups in total. The molecule has 1 unspecified atom stereocenters. The van der Waals surface area contributed by atoms with Crippen molar-refractivity contribution in [3.63, 3.8) is 0 Å². The molecule has 7 heteroatoms. The summed E-state index contributed by atoms with van der Waals surface area (Å²) >= 11 is 0. The van der Waals surface area contributed by atoms with Gasteiger partial charge in [0.15, 0.2) is 0 Å². The Bertz CT molecular complexity index is 523. The lowest BCUT2D eigenvalue weighted by Crippen LogP contribution is -2.25. The molecule has 7 nitrogen and oxygen atoms in total. The second-order valence-corrected chi connectivity index (χ2v) is 5.80. The SMILES string of the molecule is CC(CNc1ncc([N+](=O)[O-])cc1C(=O)O)C(C)(C)C. The van der Waals surface area contributed by atoms with Crippen molar-refractivity contribution in [1.82, 2.24) is 4.98 Å². The van der Waals surface area contributed by atoms with Crippen LogP contribution in [0.4, 0.5) is 11.5 Å². The van der Waals surface area contributed by atoms with Gasteiger partial charge in [-0.15, -0.1) is 0 Å². The van der Waals surface area contributed by atoms with Crippen LogP contribution in [0.15, 0.2) is 12.3 Å². The van der Waals surface area contributed by atoms with E-state index in [-0.39, 0.29) is 28.4 Å². The molecule has 20 heavy (non-hydrogen) atoms. The molecular formula is C13H19N3O4. The van der Waals surface area contributed by atoms with Gasteiger partial charge in [-0.1, -0.05) is 27.7 Å². The van der Waals surface area contributed by atoms with Gasteiger partial charge in [-0.25, -0.2) is 9.78 Å². The summed E-state index contributed by atoms with van der Waals surface area (Å²) in [4.78, 5) is 24.9. The van der Waals surface area contributed by atoms with Gasteiger partial charge in [-0.2, -0.15) is 0 Å². The summed E-state index contributed by atoms with van der Waals surface area (Å²) in [6.45, 7) is 8.83. The van der Waals surface area contributed by atoms with E-state index in [1.807, 2.05) is 6.92 Å². The van der Waals surface area contributed by atoms with E-state index in [0.717, 1.165) is 12.3 Å². The molecule has 0 spiro atoms. The van der Waals surface area contributed by atoms with Crippen LogP contribution in [-0.4, -0.2) is 27.5 Å². The first-order valence-corrected chi connectivity index (χ1v) is 6.24. The second kappa shape index (κ2) is 5.85. The number of nitro groups is 1. The van der Waals surface area contributed by atoms with E-state index in [2.05, 4.69) is 31.1 Å². The minimum atomic E-state index is -1.24. The molecule has 0 radical (unpaired) electrons. The summed E-state index contributed by atoms with van der Waals surface area (Å²) in [5.41, 5.74) is -0.464. The number of hydrogen-bond acceptors (Lipinski definition) is 5. The highest BCUT2D eigenvalue weighted by molar-refractivity contribution is 5.93. The molecule has 0 aliphatic rings. The number of rotatable bonds is 5. The Morgan fingerprint density at radius 2 is 2.15 bits per heavy atom. The molecule has 1 heterocycles. The highest BCUT2D eigenvalue weighted by atomic mass is 16.6. The monoisotopic (exact) mass is 281 g/mol. The Balaban J connectivity index is 2.95. The van der Waals surface area contributed by atoms with Crippen molar-refractivity contribution in [2.75, 3.05) is 11.9 Å². The van der Waals surface area contributed by atoms with Gasteiger partial charge in [0.2, 0.25) is 0 Å². The van der Waals surface area contributed by atoms with Crippen LogP contribution in [0.3, 0.4) is 0 Å². The topological polar surface area (TPSA) is 105 Å². The van der Waals surface area contributed by atoms with Gasteiger partial charge in [0.25, 0.3) is 5.69 Å². The van der Waals surface area contributed by atoms with E-state index in [9.17, 15) is 14.9 Å². The van der Waals surface area contributed by atoms with Crippen molar-refractivity contribution in [1.29, 1.82) is 0 Å². The Hall–Kier alpha value is -2.18. The maximum atomic E-state index is 11.1. The van der Waals surface area contributed by atoms with E-state index < -0.39 is 10.9 Å². The number of anilines is 1. The zero-order valence-corrected chi connectivity index (χ0v) is 12.0. The van der Waals surface area contributed by atoms with Crippen molar-refractivity contribution >= 4 is 17.5 Å². The Kier molecular flexibility index (Phi) is 4.65. The van der Waals surface area contributed by atoms with Crippen LogP contribution in [0.25, 0.3) is 0 Å². The van der Waals surface area contributed by atoms with E-state index in [1.54, 1.807) is 0 Å². The van der Waals surface area contributed by atoms with Gasteiger partial charge in [0.05, 0.1) is 4.92 Å². The normalized spacial score (nSPS) is 12.8. The minimum Gasteiger partial charge on any atom is -0.478 e. The fourth-order valence-corrected chi connectivity index (χ4v) is 1.41. The molecule has 0 saturated heterocycles. The summed E-state index contributed by atoms with van der Waals surface area (Å²) < 4.78 is 0. The number of pyridine rings is 1. The molecule has 1 aromatic rings. The molecule has 0 bridgehead atoms. The Labute approximate surface area is 117 Å². The van der Waals surface area contributed by atoms with Crippen molar-refractivity contribution in [2.45, 2.75) is 27.7 Å². The van der Waals surface area contributed by atoms with E-state index in [1.165, 1.54) is 0 Å². The lowest BCUT2D eigenvalue weighted by molar-refractivity contribution is -0.385. The van der Waals surface area contributed by atoms with Crippen LogP contribution in [0.5, 0.6) is 0 Å². The smallest absolute Gasteiger partial charge is 0.339 e. The minimum absolute atomic E-state index is 0.0666. The number of aromatic nitrogens is 1. The van der Waals surface area contributed by atoms with Gasteiger partial charge in [-0.05, 0) is 11.3 Å². The van der Waals surface area contributed by atoms with Crippen molar-refractivity contribution < 1.29 is 14.8 Å². The molecule has 0 amide bonds. The predicted molar refractivity (Wildman–Crippen MR) is 75.0 cm³/mol. The quantitative estimate of drug-likeness (QED) is 0.635. The average Bonchev–Trinajstić information content (AvgIpc) is 2.34. The zero-order chi connectivity index (χ0) is 15.5. The first-order valence-electron chi connectivity index (χ1n) is 6.24. The first kappa shape index (κ1) is 15.9. The lowest BCUT2D eigenvalue weighted by Gasteiger charge is -2.27. The van der Waals surface area contributed by atoms with Crippen molar-refractivity contribution in [3.8, 4) is 0 Å². The molecule has 110 valence electrons. The number of nitrogens with one attached hydrogen (secondary N) is 1. The third-order valence-electron chi connectivity index (χ3n) is 3.37. The van der Waals surface area contributed by atoms with Crippen molar-refractivity contribution in [3.05, 3.63) is 27.9 Å². The first-order chi connectivity index (χ1) is 9.12. The molecule has 0 aliphatic carbocycles. The molecule has 0 fully saturated rings. The molecular weight excluding hydrogens is 262 g/mol. The van der Waals surface area contributed by atoms with Gasteiger partial charge >= 0.3 is 5.97 Å². The van der Waals surface area contributed by atoms with Gasteiger partial charge in [0.1, 0.15) is 17.6 Å². The van der Waals surface area contributed by atoms with E-state index in [4.69, 9.17) is 5.11 Å². The van der Waals surface area contributed by atoms with Crippen LogP contribution in [0.1, 0.15) is 38.1 Å². The number of aromatic carboxylic acids is 1. The summed E-state index contributed by atoms with van der Waals surface area (Å²) in [5.74, 6) is -0.813. The second-order valence-electron chi connectivity index (χ2n) is 5.80. The summed E-state index contributed by atoms with van der Waals surface area (Å²) in [5, 5.41) is 22.7. The van der Waals surface area contributed by atoms with Crippen LogP contribution in [0, 0.1) is 21.4 Å². The maximum Gasteiger partial charge on any atom is 0.339 e. The van der Waals surface area contributed by atoms with E-state index in [0.29, 0.717) is 6.54 Å². The largest absolute Gasteiger partial charge is 0.478 e. The fourth-order valence-electron chi connectivity index (χ4n) is 1.41. The highest BCUT2D eigenvalue weighted by Crippen LogP contribution is 2.26. The Morgan fingerprint density at radius 3 is 2.60 bits per heavy atom.